The maximum absolute atomic E-state index is 6.01. The van der Waals surface area contributed by atoms with Crippen molar-refractivity contribution in [1.29, 1.82) is 0 Å². The number of hydrogen-bond donors (Lipinski definition) is 0. The van der Waals surface area contributed by atoms with Gasteiger partial charge >= 0.3 is 6.01 Å². The van der Waals surface area contributed by atoms with Gasteiger partial charge in [0.1, 0.15) is 11.7 Å². The van der Waals surface area contributed by atoms with Crippen molar-refractivity contribution < 1.29 is 14.2 Å². The van der Waals surface area contributed by atoms with E-state index in [1.807, 2.05) is 0 Å². The van der Waals surface area contributed by atoms with Gasteiger partial charge in [-0.1, -0.05) is 30.3 Å². The fourth-order valence-electron chi connectivity index (χ4n) is 4.76. The Morgan fingerprint density at radius 3 is 2.71 bits per heavy atom. The zero-order chi connectivity index (χ0) is 21.3. The monoisotopic (exact) mass is 419 g/mol. The Hall–Kier alpha value is -2.54. The molecule has 2 aliphatic heterocycles. The molecule has 31 heavy (non-hydrogen) atoms. The largest absolute Gasteiger partial charge is 0.467 e. The Balaban J connectivity index is 1.28. The average Bonchev–Trinajstić information content (AvgIpc) is 3.27. The van der Waals surface area contributed by atoms with Crippen LogP contribution in [0, 0.1) is 0 Å². The van der Waals surface area contributed by atoms with E-state index < -0.39 is 0 Å². The molecule has 3 atom stereocenters. The highest BCUT2D eigenvalue weighted by atomic mass is 16.6. The minimum Gasteiger partial charge on any atom is -0.467 e. The van der Waals surface area contributed by atoms with Crippen molar-refractivity contribution in [3.63, 3.8) is 0 Å². The smallest absolute Gasteiger partial charge is 0.316 e. The van der Waals surface area contributed by atoms with Crippen molar-refractivity contribution in [3.05, 3.63) is 66.0 Å². The molecule has 0 bridgehead atoms. The van der Waals surface area contributed by atoms with Gasteiger partial charge in [-0.2, -0.15) is 0 Å². The summed E-state index contributed by atoms with van der Waals surface area (Å²) in [6.07, 6.45) is 12.7. The Morgan fingerprint density at radius 2 is 1.94 bits per heavy atom. The summed E-state index contributed by atoms with van der Waals surface area (Å²) in [5.41, 5.74) is 4.44. The van der Waals surface area contributed by atoms with Crippen LogP contribution >= 0.6 is 0 Å². The van der Waals surface area contributed by atoms with E-state index in [9.17, 15) is 0 Å². The van der Waals surface area contributed by atoms with Gasteiger partial charge in [-0.15, -0.1) is 0 Å². The van der Waals surface area contributed by atoms with Gasteiger partial charge in [-0.05, 0) is 55.2 Å². The summed E-state index contributed by atoms with van der Waals surface area (Å²) >= 11 is 0. The maximum atomic E-state index is 6.01. The molecule has 3 heterocycles. The van der Waals surface area contributed by atoms with Gasteiger partial charge in [-0.25, -0.2) is 9.97 Å². The molecule has 162 valence electrons. The lowest BCUT2D eigenvalue weighted by atomic mass is 9.87. The van der Waals surface area contributed by atoms with Crippen LogP contribution < -0.4 is 4.74 Å². The number of likely N-dealkylation sites (tertiary alicyclic amines) is 1. The zero-order valence-corrected chi connectivity index (χ0v) is 18.2. The lowest BCUT2D eigenvalue weighted by Gasteiger charge is -2.41. The second kappa shape index (κ2) is 8.54. The Kier molecular flexibility index (Phi) is 5.61. The normalized spacial score (nSPS) is 28.3. The highest BCUT2D eigenvalue weighted by Gasteiger charge is 2.39. The van der Waals surface area contributed by atoms with Crippen LogP contribution in [0.25, 0.3) is 11.1 Å². The third-order valence-corrected chi connectivity index (χ3v) is 6.54. The first kappa shape index (κ1) is 20.4. The van der Waals surface area contributed by atoms with Gasteiger partial charge in [0.25, 0.3) is 0 Å². The van der Waals surface area contributed by atoms with Crippen LogP contribution in [0.3, 0.4) is 0 Å². The minimum absolute atomic E-state index is 0.00898. The van der Waals surface area contributed by atoms with Crippen LogP contribution in [0.4, 0.5) is 0 Å². The van der Waals surface area contributed by atoms with Crippen LogP contribution in [0.5, 0.6) is 6.01 Å². The van der Waals surface area contributed by atoms with E-state index in [-0.39, 0.29) is 11.7 Å². The molecule has 1 aliphatic carbocycles. The average molecular weight is 420 g/mol. The van der Waals surface area contributed by atoms with Gasteiger partial charge < -0.3 is 14.2 Å². The molecule has 2 unspecified atom stereocenters. The zero-order valence-electron chi connectivity index (χ0n) is 18.2. The van der Waals surface area contributed by atoms with Gasteiger partial charge in [-0.3, -0.25) is 4.90 Å². The van der Waals surface area contributed by atoms with Gasteiger partial charge in [0.05, 0.1) is 20.3 Å². The molecule has 0 radical (unpaired) electrons. The maximum Gasteiger partial charge on any atom is 0.316 e. The first-order valence-corrected chi connectivity index (χ1v) is 11.0. The number of ether oxygens (including phenoxy) is 3. The third-order valence-electron chi connectivity index (χ3n) is 6.54. The van der Waals surface area contributed by atoms with E-state index in [1.165, 1.54) is 24.0 Å². The Morgan fingerprint density at radius 1 is 1.13 bits per heavy atom. The van der Waals surface area contributed by atoms with E-state index in [0.29, 0.717) is 25.3 Å². The summed E-state index contributed by atoms with van der Waals surface area (Å²) < 4.78 is 17.0. The van der Waals surface area contributed by atoms with Crippen LogP contribution in [-0.4, -0.2) is 59.5 Å². The molecule has 1 aromatic heterocycles. The number of aromatic nitrogens is 2. The van der Waals surface area contributed by atoms with Gasteiger partial charge in [0.15, 0.2) is 0 Å². The molecule has 3 aliphatic rings. The summed E-state index contributed by atoms with van der Waals surface area (Å²) in [6, 6.07) is 9.51. The second-order valence-electron chi connectivity index (χ2n) is 8.61. The number of fused-ring (bicyclic) bond motifs is 1. The van der Waals surface area contributed by atoms with Crippen molar-refractivity contribution in [2.24, 2.45) is 0 Å². The van der Waals surface area contributed by atoms with E-state index in [1.54, 1.807) is 19.5 Å². The fraction of sp³-hybridized carbons (Fsp3) is 0.440. The van der Waals surface area contributed by atoms with Gasteiger partial charge in [0, 0.05) is 30.5 Å². The minimum atomic E-state index is -0.327. The Bertz CT molecular complexity index is 971. The molecule has 0 N–H and O–H groups in total. The molecule has 6 heteroatoms. The first-order valence-electron chi connectivity index (χ1n) is 11.0. The summed E-state index contributed by atoms with van der Waals surface area (Å²) in [6.45, 7) is 5.49. The number of benzene rings is 1. The topological polar surface area (TPSA) is 56.7 Å². The van der Waals surface area contributed by atoms with Crippen molar-refractivity contribution >= 4 is 0 Å². The predicted molar refractivity (Wildman–Crippen MR) is 119 cm³/mol. The quantitative estimate of drug-likeness (QED) is 0.735. The highest BCUT2D eigenvalue weighted by Crippen LogP contribution is 2.35. The van der Waals surface area contributed by atoms with Crippen molar-refractivity contribution in [2.75, 3.05) is 26.9 Å². The second-order valence-corrected chi connectivity index (χ2v) is 8.61. The molecule has 5 rings (SSSR count). The summed E-state index contributed by atoms with van der Waals surface area (Å²) in [5.74, 6) is 0. The molecular formula is C25H29N3O3. The number of rotatable bonds is 5. The molecular weight excluding hydrogens is 390 g/mol. The van der Waals surface area contributed by atoms with Crippen LogP contribution in [0.1, 0.15) is 25.3 Å². The molecule has 6 nitrogen and oxygen atoms in total. The fourth-order valence-corrected chi connectivity index (χ4v) is 4.76. The highest BCUT2D eigenvalue weighted by molar-refractivity contribution is 5.61. The van der Waals surface area contributed by atoms with Crippen LogP contribution in [0.2, 0.25) is 0 Å². The first-order chi connectivity index (χ1) is 15.1. The van der Waals surface area contributed by atoms with E-state index >= 15 is 0 Å². The SMILES string of the molecule is COc1ncc(-c2ccc(CN3CCC[C@H]3C3=CC4OCCOC4(C)C=C3)cc2)cn1. The molecule has 0 spiro atoms. The van der Waals surface area contributed by atoms with E-state index in [0.717, 1.165) is 24.2 Å². The molecule has 2 saturated heterocycles. The van der Waals surface area contributed by atoms with E-state index in [4.69, 9.17) is 14.2 Å². The lowest BCUT2D eigenvalue weighted by Crippen LogP contribution is -2.48. The van der Waals surface area contributed by atoms with Gasteiger partial charge in [0.2, 0.25) is 0 Å². The van der Waals surface area contributed by atoms with Crippen molar-refractivity contribution in [2.45, 2.75) is 44.1 Å². The molecule has 0 saturated carbocycles. The van der Waals surface area contributed by atoms with E-state index in [2.05, 4.69) is 64.3 Å². The van der Waals surface area contributed by atoms with Crippen LogP contribution in [0.15, 0.2) is 60.5 Å². The van der Waals surface area contributed by atoms with Crippen LogP contribution in [-0.2, 0) is 16.0 Å². The molecule has 0 amide bonds. The number of methoxy groups -OCH3 is 1. The molecule has 2 fully saturated rings. The summed E-state index contributed by atoms with van der Waals surface area (Å²) in [7, 11) is 1.57. The molecule has 2 aromatic rings. The third kappa shape index (κ3) is 4.15. The van der Waals surface area contributed by atoms with Crippen molar-refractivity contribution in [3.8, 4) is 17.1 Å². The van der Waals surface area contributed by atoms with Crippen molar-refractivity contribution in [1.82, 2.24) is 14.9 Å². The number of hydrogen-bond acceptors (Lipinski definition) is 6. The summed E-state index contributed by atoms with van der Waals surface area (Å²) in [4.78, 5) is 11.0. The standard InChI is InChI=1S/C25H29N3O3/c1-25-10-9-20(14-23(25)30-12-13-31-25)22-4-3-11-28(22)17-18-5-7-19(8-6-18)21-15-26-24(29-2)27-16-21/h5-10,14-16,22-23H,3-4,11-13,17H2,1-2H3/t22-,23?,25?/m0/s1. The predicted octanol–water partition coefficient (Wildman–Crippen LogP) is 3.79. The molecule has 1 aromatic carbocycles. The number of nitrogens with zero attached hydrogens (tertiary/aromatic N) is 3. The lowest BCUT2D eigenvalue weighted by molar-refractivity contribution is -0.155. The summed E-state index contributed by atoms with van der Waals surface area (Å²) in [5, 5.41) is 0. The Labute approximate surface area is 183 Å².